The molecule has 0 fully saturated rings. The van der Waals surface area contributed by atoms with Crippen LogP contribution in [0, 0.1) is 5.82 Å². The number of hydrogen-bond acceptors (Lipinski definition) is 2. The van der Waals surface area contributed by atoms with Gasteiger partial charge < -0.3 is 9.47 Å². The van der Waals surface area contributed by atoms with Crippen LogP contribution in [0.2, 0.25) is 0 Å². The second-order valence-electron chi connectivity index (χ2n) is 5.34. The second-order valence-corrected chi connectivity index (χ2v) is 6.13. The molecule has 0 unspecified atom stereocenters. The number of ether oxygens (including phenoxy) is 2. The highest BCUT2D eigenvalue weighted by Gasteiger charge is 2.23. The van der Waals surface area contributed by atoms with Gasteiger partial charge in [-0.15, -0.1) is 0 Å². The molecule has 0 aliphatic carbocycles. The normalized spacial score (nSPS) is 13.6. The summed E-state index contributed by atoms with van der Waals surface area (Å²) in [4.78, 5) is 0. The van der Waals surface area contributed by atoms with E-state index in [1.165, 1.54) is 12.1 Å². The number of fused-ring (bicyclic) bond motifs is 1. The smallest absolute Gasteiger partial charge is 0.170 e. The van der Waals surface area contributed by atoms with E-state index in [9.17, 15) is 4.39 Å². The van der Waals surface area contributed by atoms with Gasteiger partial charge in [-0.3, -0.25) is 0 Å². The largest absolute Gasteiger partial charge is 0.486 e. The number of halogens is 2. The maximum absolute atomic E-state index is 13.2. The van der Waals surface area contributed by atoms with Crippen LogP contribution in [0.25, 0.3) is 11.1 Å². The average Bonchev–Trinajstić information content (AvgIpc) is 2.48. The van der Waals surface area contributed by atoms with Crippen molar-refractivity contribution in [2.75, 3.05) is 13.2 Å². The summed E-state index contributed by atoms with van der Waals surface area (Å²) >= 11 is 3.69. The standard InChI is InChI=1S/C17H16BrFO2/c1-10(2)13-9-14-17(21-8-7-20-14)15(16(13)18)11-3-5-12(19)6-4-11/h3-6,9-10H,7-8H2,1-2H3. The summed E-state index contributed by atoms with van der Waals surface area (Å²) in [5, 5.41) is 0. The monoisotopic (exact) mass is 350 g/mol. The van der Waals surface area contributed by atoms with Crippen LogP contribution in [0.4, 0.5) is 4.39 Å². The van der Waals surface area contributed by atoms with Gasteiger partial charge in [-0.05, 0) is 51.2 Å². The first-order chi connectivity index (χ1) is 10.1. The molecule has 1 aliphatic rings. The average molecular weight is 351 g/mol. The molecular formula is C17H16BrFO2. The van der Waals surface area contributed by atoms with Gasteiger partial charge in [0.15, 0.2) is 11.5 Å². The molecule has 2 aromatic carbocycles. The predicted molar refractivity (Wildman–Crippen MR) is 84.6 cm³/mol. The molecule has 0 bridgehead atoms. The van der Waals surface area contributed by atoms with Crippen LogP contribution in [-0.2, 0) is 0 Å². The summed E-state index contributed by atoms with van der Waals surface area (Å²) in [6, 6.07) is 8.46. The Hall–Kier alpha value is -1.55. The molecule has 0 N–H and O–H groups in total. The van der Waals surface area contributed by atoms with E-state index in [-0.39, 0.29) is 5.82 Å². The van der Waals surface area contributed by atoms with Crippen LogP contribution < -0.4 is 9.47 Å². The minimum Gasteiger partial charge on any atom is -0.486 e. The molecule has 0 spiro atoms. The Morgan fingerprint density at radius 1 is 1.10 bits per heavy atom. The quantitative estimate of drug-likeness (QED) is 0.745. The fraction of sp³-hybridized carbons (Fsp3) is 0.294. The van der Waals surface area contributed by atoms with Crippen molar-refractivity contribution >= 4 is 15.9 Å². The zero-order valence-electron chi connectivity index (χ0n) is 12.0. The fourth-order valence-electron chi connectivity index (χ4n) is 2.48. The van der Waals surface area contributed by atoms with Crippen molar-refractivity contribution in [1.82, 2.24) is 0 Å². The van der Waals surface area contributed by atoms with E-state index in [0.29, 0.717) is 19.1 Å². The number of hydrogen-bond donors (Lipinski definition) is 0. The maximum Gasteiger partial charge on any atom is 0.170 e. The van der Waals surface area contributed by atoms with E-state index >= 15 is 0 Å². The van der Waals surface area contributed by atoms with E-state index < -0.39 is 0 Å². The summed E-state index contributed by atoms with van der Waals surface area (Å²) < 4.78 is 25.7. The predicted octanol–water partition coefficient (Wildman–Crippen LogP) is 5.15. The molecule has 0 radical (unpaired) electrons. The van der Waals surface area contributed by atoms with E-state index in [1.54, 1.807) is 12.1 Å². The summed E-state index contributed by atoms with van der Waals surface area (Å²) in [6.45, 7) is 5.33. The number of benzene rings is 2. The van der Waals surface area contributed by atoms with Crippen molar-refractivity contribution in [3.63, 3.8) is 0 Å². The molecule has 2 nitrogen and oxygen atoms in total. The first kappa shape index (κ1) is 14.4. The van der Waals surface area contributed by atoms with Gasteiger partial charge in [0.25, 0.3) is 0 Å². The van der Waals surface area contributed by atoms with Crippen molar-refractivity contribution in [3.8, 4) is 22.6 Å². The van der Waals surface area contributed by atoms with E-state index in [4.69, 9.17) is 9.47 Å². The highest BCUT2D eigenvalue weighted by Crippen LogP contribution is 2.48. The summed E-state index contributed by atoms with van der Waals surface area (Å²) in [7, 11) is 0. The second kappa shape index (κ2) is 5.68. The summed E-state index contributed by atoms with van der Waals surface area (Å²) in [5.74, 6) is 1.58. The lowest BCUT2D eigenvalue weighted by Crippen LogP contribution is -2.16. The molecule has 0 aromatic heterocycles. The van der Waals surface area contributed by atoms with Gasteiger partial charge in [-0.1, -0.05) is 26.0 Å². The zero-order valence-corrected chi connectivity index (χ0v) is 13.5. The molecule has 21 heavy (non-hydrogen) atoms. The first-order valence-corrected chi connectivity index (χ1v) is 7.75. The lowest BCUT2D eigenvalue weighted by atomic mass is 9.95. The molecule has 1 heterocycles. The third kappa shape index (κ3) is 2.64. The first-order valence-electron chi connectivity index (χ1n) is 6.96. The van der Waals surface area contributed by atoms with E-state index in [1.807, 2.05) is 6.07 Å². The fourth-order valence-corrected chi connectivity index (χ4v) is 3.46. The minimum absolute atomic E-state index is 0.249. The van der Waals surface area contributed by atoms with Gasteiger partial charge in [-0.25, -0.2) is 4.39 Å². The Morgan fingerprint density at radius 3 is 2.43 bits per heavy atom. The molecule has 3 rings (SSSR count). The summed E-state index contributed by atoms with van der Waals surface area (Å²) in [6.07, 6.45) is 0. The molecule has 2 aromatic rings. The van der Waals surface area contributed by atoms with Crippen LogP contribution in [0.1, 0.15) is 25.3 Å². The Morgan fingerprint density at radius 2 is 1.76 bits per heavy atom. The van der Waals surface area contributed by atoms with Crippen molar-refractivity contribution in [1.29, 1.82) is 0 Å². The molecule has 0 saturated carbocycles. The topological polar surface area (TPSA) is 18.5 Å². The van der Waals surface area contributed by atoms with Gasteiger partial charge in [0.1, 0.15) is 19.0 Å². The van der Waals surface area contributed by atoms with Crippen molar-refractivity contribution < 1.29 is 13.9 Å². The molecule has 110 valence electrons. The van der Waals surface area contributed by atoms with Gasteiger partial charge in [0.2, 0.25) is 0 Å². The lowest BCUT2D eigenvalue weighted by Gasteiger charge is -2.25. The minimum atomic E-state index is -0.249. The highest BCUT2D eigenvalue weighted by atomic mass is 79.9. The molecular weight excluding hydrogens is 335 g/mol. The molecule has 0 atom stereocenters. The number of rotatable bonds is 2. The third-order valence-electron chi connectivity index (χ3n) is 3.55. The molecule has 0 saturated heterocycles. The van der Waals surface area contributed by atoms with E-state index in [0.717, 1.165) is 32.7 Å². The molecule has 1 aliphatic heterocycles. The van der Waals surface area contributed by atoms with E-state index in [2.05, 4.69) is 29.8 Å². The van der Waals surface area contributed by atoms with Crippen molar-refractivity contribution in [3.05, 3.63) is 46.2 Å². The summed E-state index contributed by atoms with van der Waals surface area (Å²) in [5.41, 5.74) is 2.99. The Labute approximate surface area is 132 Å². The Bertz CT molecular complexity index is 665. The van der Waals surface area contributed by atoms with Crippen LogP contribution in [0.5, 0.6) is 11.5 Å². The van der Waals surface area contributed by atoms with Gasteiger partial charge in [0, 0.05) is 10.0 Å². The molecule has 4 heteroatoms. The SMILES string of the molecule is CC(C)c1cc2c(c(-c3ccc(F)cc3)c1Br)OCCO2. The molecule has 0 amide bonds. The van der Waals surface area contributed by atoms with Gasteiger partial charge in [-0.2, -0.15) is 0 Å². The van der Waals surface area contributed by atoms with Gasteiger partial charge in [0.05, 0.1) is 0 Å². The Balaban J connectivity index is 2.25. The van der Waals surface area contributed by atoms with Gasteiger partial charge >= 0.3 is 0 Å². The van der Waals surface area contributed by atoms with Crippen LogP contribution in [0.3, 0.4) is 0 Å². The zero-order chi connectivity index (χ0) is 15.0. The van der Waals surface area contributed by atoms with Crippen molar-refractivity contribution in [2.24, 2.45) is 0 Å². The lowest BCUT2D eigenvalue weighted by molar-refractivity contribution is 0.172. The van der Waals surface area contributed by atoms with Crippen molar-refractivity contribution in [2.45, 2.75) is 19.8 Å². The maximum atomic E-state index is 13.2. The third-order valence-corrected chi connectivity index (χ3v) is 4.41. The highest BCUT2D eigenvalue weighted by molar-refractivity contribution is 9.10. The van der Waals surface area contributed by atoms with Crippen LogP contribution in [-0.4, -0.2) is 13.2 Å². The van der Waals surface area contributed by atoms with Crippen LogP contribution in [0.15, 0.2) is 34.8 Å². The Kier molecular flexibility index (Phi) is 3.89. The van der Waals surface area contributed by atoms with Crippen LogP contribution >= 0.6 is 15.9 Å².